The summed E-state index contributed by atoms with van der Waals surface area (Å²) < 4.78 is 0. The Labute approximate surface area is 133 Å². The number of hydrogen-bond donors (Lipinski definition) is 3. The van der Waals surface area contributed by atoms with Crippen molar-refractivity contribution in [1.29, 1.82) is 0 Å². The molecule has 0 saturated heterocycles. The lowest BCUT2D eigenvalue weighted by Crippen LogP contribution is -2.30. The Kier molecular flexibility index (Phi) is 5.40. The first-order valence-corrected chi connectivity index (χ1v) is 6.90. The average molecular weight is 311 g/mol. The van der Waals surface area contributed by atoms with Crippen LogP contribution in [0.15, 0.2) is 53.9 Å². The van der Waals surface area contributed by atoms with Gasteiger partial charge in [0.25, 0.3) is 5.91 Å². The number of hydrazone groups is 1. The molecule has 2 rings (SSSR count). The number of rotatable bonds is 6. The van der Waals surface area contributed by atoms with Crippen molar-refractivity contribution < 1.29 is 9.59 Å². The topological polar surface area (TPSA) is 95.5 Å². The van der Waals surface area contributed by atoms with Crippen LogP contribution >= 0.6 is 0 Å². The summed E-state index contributed by atoms with van der Waals surface area (Å²) in [6.45, 7) is 4.69. The standard InChI is InChI=1S/C16H17N5O2/c1-11(22)19-13-4-3-5-14(10-13)20-15(16(23)21-17-2)12-6-8-18-9-7-12/h3-10,15,20H,2H2,1H3,(H,19,22)(H,21,23). The highest BCUT2D eigenvalue weighted by molar-refractivity contribution is 5.90. The fraction of sp³-hybridized carbons (Fsp3) is 0.125. The normalized spacial score (nSPS) is 11.2. The van der Waals surface area contributed by atoms with E-state index in [0.29, 0.717) is 11.4 Å². The molecule has 1 aromatic heterocycles. The van der Waals surface area contributed by atoms with Gasteiger partial charge in [0.15, 0.2) is 0 Å². The van der Waals surface area contributed by atoms with Gasteiger partial charge in [0.05, 0.1) is 0 Å². The zero-order valence-corrected chi connectivity index (χ0v) is 12.6. The number of pyridine rings is 1. The van der Waals surface area contributed by atoms with E-state index in [1.807, 2.05) is 0 Å². The number of carbonyl (C=O) groups is 2. The number of nitrogens with one attached hydrogen (secondary N) is 3. The van der Waals surface area contributed by atoms with Crippen molar-refractivity contribution in [3.8, 4) is 0 Å². The molecule has 3 N–H and O–H groups in total. The third-order valence-corrected chi connectivity index (χ3v) is 2.98. The summed E-state index contributed by atoms with van der Waals surface area (Å²) in [5, 5.41) is 9.23. The second-order valence-electron chi connectivity index (χ2n) is 4.75. The second-order valence-corrected chi connectivity index (χ2v) is 4.75. The molecule has 1 unspecified atom stereocenters. The maximum absolute atomic E-state index is 12.2. The van der Waals surface area contributed by atoms with Crippen molar-refractivity contribution in [2.75, 3.05) is 10.6 Å². The minimum Gasteiger partial charge on any atom is -0.370 e. The molecule has 2 aromatic rings. The van der Waals surface area contributed by atoms with Crippen molar-refractivity contribution in [1.82, 2.24) is 10.4 Å². The van der Waals surface area contributed by atoms with E-state index in [2.05, 4.69) is 32.9 Å². The summed E-state index contributed by atoms with van der Waals surface area (Å²) >= 11 is 0. The van der Waals surface area contributed by atoms with Gasteiger partial charge in [-0.2, -0.15) is 5.10 Å². The van der Waals surface area contributed by atoms with Crippen molar-refractivity contribution in [3.63, 3.8) is 0 Å². The van der Waals surface area contributed by atoms with E-state index in [0.717, 1.165) is 5.56 Å². The van der Waals surface area contributed by atoms with Gasteiger partial charge in [0.2, 0.25) is 5.91 Å². The largest absolute Gasteiger partial charge is 0.370 e. The highest BCUT2D eigenvalue weighted by atomic mass is 16.2. The smallest absolute Gasteiger partial charge is 0.267 e. The summed E-state index contributed by atoms with van der Waals surface area (Å²) in [7, 11) is 0. The first-order valence-electron chi connectivity index (χ1n) is 6.90. The Morgan fingerprint density at radius 2 is 1.87 bits per heavy atom. The van der Waals surface area contributed by atoms with Gasteiger partial charge in [-0.1, -0.05) is 6.07 Å². The van der Waals surface area contributed by atoms with Gasteiger partial charge in [-0.25, -0.2) is 5.43 Å². The highest BCUT2D eigenvalue weighted by Gasteiger charge is 2.20. The Balaban J connectivity index is 2.25. The third kappa shape index (κ3) is 4.63. The fourth-order valence-corrected chi connectivity index (χ4v) is 2.06. The Bertz CT molecular complexity index is 703. The van der Waals surface area contributed by atoms with Crippen molar-refractivity contribution in [2.45, 2.75) is 13.0 Å². The number of benzene rings is 1. The van der Waals surface area contributed by atoms with Gasteiger partial charge < -0.3 is 10.6 Å². The van der Waals surface area contributed by atoms with E-state index < -0.39 is 6.04 Å². The van der Waals surface area contributed by atoms with E-state index in [9.17, 15) is 9.59 Å². The molecule has 0 aliphatic carbocycles. The molecule has 0 radical (unpaired) electrons. The molecule has 0 bridgehead atoms. The minimum absolute atomic E-state index is 0.165. The quantitative estimate of drug-likeness (QED) is 0.561. The first-order chi connectivity index (χ1) is 11.1. The average Bonchev–Trinajstić information content (AvgIpc) is 2.53. The lowest BCUT2D eigenvalue weighted by Gasteiger charge is -2.19. The SMILES string of the molecule is C=NNC(=O)C(Nc1cccc(NC(C)=O)c1)c1ccncc1. The highest BCUT2D eigenvalue weighted by Crippen LogP contribution is 2.22. The molecule has 0 aliphatic heterocycles. The molecule has 0 aliphatic rings. The molecule has 7 nitrogen and oxygen atoms in total. The molecule has 1 atom stereocenters. The molecule has 2 amide bonds. The second kappa shape index (κ2) is 7.69. The maximum Gasteiger partial charge on any atom is 0.267 e. The minimum atomic E-state index is -0.670. The summed E-state index contributed by atoms with van der Waals surface area (Å²) in [4.78, 5) is 27.3. The molecule has 1 aromatic carbocycles. The van der Waals surface area contributed by atoms with Crippen LogP contribution in [0.5, 0.6) is 0 Å². The van der Waals surface area contributed by atoms with Crippen LogP contribution in [-0.2, 0) is 9.59 Å². The number of carbonyl (C=O) groups excluding carboxylic acids is 2. The summed E-state index contributed by atoms with van der Waals surface area (Å²) in [5.41, 5.74) is 4.38. The molecule has 0 spiro atoms. The van der Waals surface area contributed by atoms with Gasteiger partial charge in [0.1, 0.15) is 6.04 Å². The molecular weight excluding hydrogens is 294 g/mol. The molecule has 23 heavy (non-hydrogen) atoms. The number of hydrogen-bond acceptors (Lipinski definition) is 5. The van der Waals surface area contributed by atoms with Crippen LogP contribution in [0.4, 0.5) is 11.4 Å². The Hall–Kier alpha value is -3.22. The van der Waals surface area contributed by atoms with E-state index in [-0.39, 0.29) is 11.8 Å². The predicted octanol–water partition coefficient (Wildman–Crippen LogP) is 1.93. The van der Waals surface area contributed by atoms with Crippen LogP contribution in [0.1, 0.15) is 18.5 Å². The van der Waals surface area contributed by atoms with E-state index in [1.165, 1.54) is 6.92 Å². The van der Waals surface area contributed by atoms with Crippen LogP contribution in [-0.4, -0.2) is 23.5 Å². The lowest BCUT2D eigenvalue weighted by atomic mass is 10.1. The predicted molar refractivity (Wildman–Crippen MR) is 89.0 cm³/mol. The third-order valence-electron chi connectivity index (χ3n) is 2.98. The van der Waals surface area contributed by atoms with E-state index >= 15 is 0 Å². The summed E-state index contributed by atoms with van der Waals surface area (Å²) in [5.74, 6) is -0.516. The molecular formula is C16H17N5O2. The van der Waals surface area contributed by atoms with Crippen LogP contribution in [0.25, 0.3) is 0 Å². The molecule has 118 valence electrons. The molecule has 1 heterocycles. The Morgan fingerprint density at radius 1 is 1.17 bits per heavy atom. The fourth-order valence-electron chi connectivity index (χ4n) is 2.06. The molecule has 0 fully saturated rings. The van der Waals surface area contributed by atoms with Gasteiger partial charge in [-0.15, -0.1) is 0 Å². The van der Waals surface area contributed by atoms with Gasteiger partial charge >= 0.3 is 0 Å². The van der Waals surface area contributed by atoms with Crippen LogP contribution in [0.3, 0.4) is 0 Å². The summed E-state index contributed by atoms with van der Waals surface area (Å²) in [6.07, 6.45) is 3.21. The molecule has 0 saturated carbocycles. The first kappa shape index (κ1) is 16.2. The van der Waals surface area contributed by atoms with Crippen LogP contribution < -0.4 is 16.1 Å². The number of anilines is 2. The van der Waals surface area contributed by atoms with Crippen molar-refractivity contribution >= 4 is 29.9 Å². The van der Waals surface area contributed by atoms with Crippen molar-refractivity contribution in [3.05, 3.63) is 54.4 Å². The Morgan fingerprint density at radius 3 is 2.52 bits per heavy atom. The lowest BCUT2D eigenvalue weighted by molar-refractivity contribution is -0.122. The summed E-state index contributed by atoms with van der Waals surface area (Å²) in [6, 6.07) is 9.88. The zero-order valence-electron chi connectivity index (χ0n) is 12.6. The van der Waals surface area contributed by atoms with Gasteiger partial charge in [-0.3, -0.25) is 14.6 Å². The van der Waals surface area contributed by atoms with E-state index in [4.69, 9.17) is 0 Å². The van der Waals surface area contributed by atoms with E-state index in [1.54, 1.807) is 48.8 Å². The van der Waals surface area contributed by atoms with Gasteiger partial charge in [0, 0.05) is 37.4 Å². The zero-order chi connectivity index (χ0) is 16.7. The van der Waals surface area contributed by atoms with Gasteiger partial charge in [-0.05, 0) is 35.9 Å². The number of aromatic nitrogens is 1. The van der Waals surface area contributed by atoms with Crippen molar-refractivity contribution in [2.24, 2.45) is 5.10 Å². The monoisotopic (exact) mass is 311 g/mol. The number of amides is 2. The van der Waals surface area contributed by atoms with Crippen LogP contribution in [0.2, 0.25) is 0 Å². The number of nitrogens with zero attached hydrogens (tertiary/aromatic N) is 2. The van der Waals surface area contributed by atoms with Crippen LogP contribution in [0, 0.1) is 0 Å². The maximum atomic E-state index is 12.2. The molecule has 7 heteroatoms.